The van der Waals surface area contributed by atoms with Crippen LogP contribution in [0.3, 0.4) is 0 Å². The number of nitro groups is 1. The van der Waals surface area contributed by atoms with Crippen LogP contribution in [0.25, 0.3) is 17.4 Å². The molecular weight excluding hydrogens is 550 g/mol. The van der Waals surface area contributed by atoms with Gasteiger partial charge >= 0.3 is 5.97 Å². The number of benzene rings is 2. The van der Waals surface area contributed by atoms with Crippen molar-refractivity contribution in [3.63, 3.8) is 0 Å². The first-order chi connectivity index (χ1) is 19.7. The van der Waals surface area contributed by atoms with Crippen molar-refractivity contribution >= 4 is 29.1 Å². The summed E-state index contributed by atoms with van der Waals surface area (Å²) in [6.45, 7) is 5.46. The maximum absolute atomic E-state index is 13.9. The maximum Gasteiger partial charge on any atom is 0.338 e. The van der Waals surface area contributed by atoms with Gasteiger partial charge in [0.1, 0.15) is 17.6 Å². The fraction of sp³-hybridized carbons (Fsp3) is 0.207. The van der Waals surface area contributed by atoms with Crippen LogP contribution >= 0.6 is 11.3 Å². The van der Waals surface area contributed by atoms with Gasteiger partial charge in [-0.25, -0.2) is 9.79 Å². The van der Waals surface area contributed by atoms with Crippen molar-refractivity contribution in [2.45, 2.75) is 26.8 Å². The third-order valence-electron chi connectivity index (χ3n) is 6.81. The molecule has 208 valence electrons. The SMILES string of the molecule is CCOC(=O)C1=C(C)N=c2s/c(=C\c3ccc4c(c3)OCO4)c(=O)n2[C@H]1c1ccc(-c2cc([N+](=O)[O-])ccc2C)o1. The monoisotopic (exact) mass is 573 g/mol. The molecule has 0 bridgehead atoms. The van der Waals surface area contributed by atoms with Crippen molar-refractivity contribution in [3.8, 4) is 22.8 Å². The molecule has 41 heavy (non-hydrogen) atoms. The number of hydrogen-bond donors (Lipinski definition) is 0. The zero-order chi connectivity index (χ0) is 28.8. The Balaban J connectivity index is 1.50. The minimum absolute atomic E-state index is 0.0806. The van der Waals surface area contributed by atoms with Crippen LogP contribution in [0.5, 0.6) is 11.5 Å². The summed E-state index contributed by atoms with van der Waals surface area (Å²) in [4.78, 5) is 42.9. The van der Waals surface area contributed by atoms with Crippen LogP contribution in [0.4, 0.5) is 5.69 Å². The number of carbonyl (C=O) groups is 1. The predicted molar refractivity (Wildman–Crippen MR) is 148 cm³/mol. The van der Waals surface area contributed by atoms with E-state index in [1.165, 1.54) is 28.0 Å². The van der Waals surface area contributed by atoms with E-state index in [-0.39, 0.29) is 30.2 Å². The maximum atomic E-state index is 13.9. The van der Waals surface area contributed by atoms with Crippen molar-refractivity contribution in [1.29, 1.82) is 0 Å². The standard InChI is InChI=1S/C29H23N3O8S/c1-4-37-28(34)25-16(3)30-29-31(27(33)24(41-29)12-17-6-8-21-23(11-17)39-14-38-21)26(25)22-10-9-20(40-22)19-13-18(32(35)36)7-5-15(19)2/h5-13,26H,4,14H2,1-3H3/b24-12-/t26-/m0/s1. The molecule has 0 N–H and O–H groups in total. The largest absolute Gasteiger partial charge is 0.463 e. The first-order valence-electron chi connectivity index (χ1n) is 12.7. The number of rotatable bonds is 6. The van der Waals surface area contributed by atoms with Crippen LogP contribution in [0.15, 0.2) is 74.0 Å². The molecule has 2 aromatic carbocycles. The topological polar surface area (TPSA) is 135 Å². The van der Waals surface area contributed by atoms with E-state index in [2.05, 4.69) is 4.99 Å². The number of carbonyl (C=O) groups excluding carboxylic acids is 1. The lowest BCUT2D eigenvalue weighted by atomic mass is 10.0. The Labute approximate surface area is 236 Å². The van der Waals surface area contributed by atoms with E-state index in [0.29, 0.717) is 43.6 Å². The lowest BCUT2D eigenvalue weighted by Crippen LogP contribution is -2.39. The van der Waals surface area contributed by atoms with Crippen LogP contribution in [0, 0.1) is 17.0 Å². The van der Waals surface area contributed by atoms with Crippen molar-refractivity contribution < 1.29 is 28.3 Å². The number of hydrogen-bond acceptors (Lipinski definition) is 10. The molecule has 1 atom stereocenters. The van der Waals surface area contributed by atoms with Crippen molar-refractivity contribution in [2.75, 3.05) is 13.4 Å². The van der Waals surface area contributed by atoms with Crippen LogP contribution in [-0.2, 0) is 9.53 Å². The van der Waals surface area contributed by atoms with Gasteiger partial charge in [-0.15, -0.1) is 0 Å². The Hall–Kier alpha value is -4.97. The van der Waals surface area contributed by atoms with Crippen LogP contribution in [-0.4, -0.2) is 28.9 Å². The fourth-order valence-electron chi connectivity index (χ4n) is 4.85. The van der Waals surface area contributed by atoms with E-state index in [1.54, 1.807) is 50.3 Å². The third kappa shape index (κ3) is 4.61. The van der Waals surface area contributed by atoms with E-state index in [4.69, 9.17) is 18.6 Å². The summed E-state index contributed by atoms with van der Waals surface area (Å²) in [5.74, 6) is 1.25. The van der Waals surface area contributed by atoms with Gasteiger partial charge in [-0.1, -0.05) is 23.5 Å². The van der Waals surface area contributed by atoms with Gasteiger partial charge in [-0.3, -0.25) is 19.5 Å². The predicted octanol–water partition coefficient (Wildman–Crippen LogP) is 4.00. The Morgan fingerprint density at radius 1 is 1.17 bits per heavy atom. The second kappa shape index (κ2) is 10.2. The number of aromatic nitrogens is 1. The molecule has 0 saturated heterocycles. The van der Waals surface area contributed by atoms with Gasteiger partial charge in [0.05, 0.1) is 27.3 Å². The summed E-state index contributed by atoms with van der Waals surface area (Å²) in [5.41, 5.74) is 2.15. The molecule has 0 aliphatic carbocycles. The molecule has 0 amide bonds. The van der Waals surface area contributed by atoms with Crippen LogP contribution < -0.4 is 24.4 Å². The average Bonchev–Trinajstić information content (AvgIpc) is 3.68. The lowest BCUT2D eigenvalue weighted by Gasteiger charge is -2.22. The quantitative estimate of drug-likeness (QED) is 0.192. The van der Waals surface area contributed by atoms with E-state index in [0.717, 1.165) is 11.1 Å². The zero-order valence-electron chi connectivity index (χ0n) is 22.2. The van der Waals surface area contributed by atoms with Crippen LogP contribution in [0.1, 0.15) is 36.8 Å². The smallest absolute Gasteiger partial charge is 0.338 e. The van der Waals surface area contributed by atoms with Gasteiger partial charge in [-0.05, 0) is 62.2 Å². The molecule has 2 aliphatic rings. The number of esters is 1. The molecule has 11 nitrogen and oxygen atoms in total. The second-order valence-electron chi connectivity index (χ2n) is 9.37. The van der Waals surface area contributed by atoms with Gasteiger partial charge in [0.15, 0.2) is 16.3 Å². The lowest BCUT2D eigenvalue weighted by molar-refractivity contribution is -0.384. The van der Waals surface area contributed by atoms with Gasteiger partial charge in [0.2, 0.25) is 6.79 Å². The summed E-state index contributed by atoms with van der Waals surface area (Å²) in [5, 5.41) is 11.4. The van der Waals surface area contributed by atoms with E-state index >= 15 is 0 Å². The molecule has 4 aromatic rings. The molecule has 4 heterocycles. The van der Waals surface area contributed by atoms with Crippen molar-refractivity contribution in [2.24, 2.45) is 4.99 Å². The highest BCUT2D eigenvalue weighted by Gasteiger charge is 2.35. The number of allylic oxidation sites excluding steroid dienone is 1. The Kier molecular flexibility index (Phi) is 6.54. The number of fused-ring (bicyclic) bond motifs is 2. The van der Waals surface area contributed by atoms with E-state index in [1.807, 2.05) is 13.0 Å². The molecule has 0 saturated carbocycles. The first kappa shape index (κ1) is 26.3. The van der Waals surface area contributed by atoms with Crippen molar-refractivity contribution in [1.82, 2.24) is 4.57 Å². The second-order valence-corrected chi connectivity index (χ2v) is 10.4. The molecule has 2 aromatic heterocycles. The number of furan rings is 1. The molecule has 2 aliphatic heterocycles. The minimum Gasteiger partial charge on any atom is -0.463 e. The van der Waals surface area contributed by atoms with E-state index < -0.39 is 16.9 Å². The molecule has 0 radical (unpaired) electrons. The molecule has 0 fully saturated rings. The normalized spacial score (nSPS) is 16.0. The van der Waals surface area contributed by atoms with E-state index in [9.17, 15) is 19.7 Å². The highest BCUT2D eigenvalue weighted by atomic mass is 32.1. The fourth-order valence-corrected chi connectivity index (χ4v) is 5.90. The molecule has 0 unspecified atom stereocenters. The summed E-state index contributed by atoms with van der Waals surface area (Å²) >= 11 is 1.18. The summed E-state index contributed by atoms with van der Waals surface area (Å²) in [6, 6.07) is 12.2. The molecule has 0 spiro atoms. The third-order valence-corrected chi connectivity index (χ3v) is 7.79. The van der Waals surface area contributed by atoms with Gasteiger partial charge in [0, 0.05) is 17.7 Å². The molecule has 6 rings (SSSR count). The molecular formula is C29H23N3O8S. The minimum atomic E-state index is -0.961. The Morgan fingerprint density at radius 3 is 2.76 bits per heavy atom. The summed E-state index contributed by atoms with van der Waals surface area (Å²) < 4.78 is 24.2. The number of non-ortho nitro benzene ring substituents is 1. The van der Waals surface area contributed by atoms with Gasteiger partial charge in [0.25, 0.3) is 11.2 Å². The van der Waals surface area contributed by atoms with Gasteiger partial charge < -0.3 is 18.6 Å². The highest BCUT2D eigenvalue weighted by molar-refractivity contribution is 7.07. The summed E-state index contributed by atoms with van der Waals surface area (Å²) in [6.07, 6.45) is 1.73. The Morgan fingerprint density at radius 2 is 1.98 bits per heavy atom. The number of thiazole rings is 1. The Bertz CT molecular complexity index is 1950. The van der Waals surface area contributed by atoms with Crippen LogP contribution in [0.2, 0.25) is 0 Å². The van der Waals surface area contributed by atoms with Crippen molar-refractivity contribution in [3.05, 3.63) is 106 Å². The summed E-state index contributed by atoms with van der Waals surface area (Å²) in [7, 11) is 0. The number of ether oxygens (including phenoxy) is 3. The first-order valence-corrected chi connectivity index (χ1v) is 13.5. The molecule has 12 heteroatoms. The highest BCUT2D eigenvalue weighted by Crippen LogP contribution is 2.36. The number of aryl methyl sites for hydroxylation is 1. The average molecular weight is 574 g/mol. The number of nitro benzene ring substituents is 1. The van der Waals surface area contributed by atoms with Gasteiger partial charge in [-0.2, -0.15) is 0 Å². The number of nitrogens with zero attached hydrogens (tertiary/aromatic N) is 3. The zero-order valence-corrected chi connectivity index (χ0v) is 23.0.